The van der Waals surface area contributed by atoms with Crippen LogP contribution >= 0.6 is 27.5 Å². The summed E-state index contributed by atoms with van der Waals surface area (Å²) < 4.78 is 14.9. The van der Waals surface area contributed by atoms with Crippen LogP contribution in [0, 0.1) is 12.7 Å². The van der Waals surface area contributed by atoms with Gasteiger partial charge in [-0.25, -0.2) is 9.07 Å². The van der Waals surface area contributed by atoms with E-state index in [4.69, 9.17) is 11.6 Å². The van der Waals surface area contributed by atoms with Gasteiger partial charge in [-0.05, 0) is 48.4 Å². The van der Waals surface area contributed by atoms with Crippen LogP contribution < -0.4 is 5.56 Å². The van der Waals surface area contributed by atoms with Crippen LogP contribution in [0.15, 0.2) is 53.3 Å². The molecule has 2 aromatic carbocycles. The molecule has 0 saturated heterocycles. The molecule has 0 unspecified atom stereocenters. The number of rotatable bonds is 4. The highest BCUT2D eigenvalue weighted by atomic mass is 79.9. The van der Waals surface area contributed by atoms with Crippen molar-refractivity contribution in [2.45, 2.75) is 18.8 Å². The Kier molecular flexibility index (Phi) is 5.35. The fourth-order valence-corrected chi connectivity index (χ4v) is 3.13. The van der Waals surface area contributed by atoms with Gasteiger partial charge in [0.2, 0.25) is 0 Å². The molecular formula is C19H15BrClFN2O. The summed E-state index contributed by atoms with van der Waals surface area (Å²) in [7, 11) is 0. The van der Waals surface area contributed by atoms with Crippen LogP contribution in [0.25, 0.3) is 11.3 Å². The molecule has 25 heavy (non-hydrogen) atoms. The predicted octanol–water partition coefficient (Wildman–Crippen LogP) is 4.95. The van der Waals surface area contributed by atoms with Gasteiger partial charge in [-0.2, -0.15) is 5.10 Å². The van der Waals surface area contributed by atoms with Gasteiger partial charge in [-0.15, -0.1) is 0 Å². The molecule has 0 aliphatic rings. The first-order valence-corrected chi connectivity index (χ1v) is 9.16. The summed E-state index contributed by atoms with van der Waals surface area (Å²) in [5, 5.41) is 5.45. The molecule has 0 saturated carbocycles. The topological polar surface area (TPSA) is 34.9 Å². The zero-order valence-corrected chi connectivity index (χ0v) is 15.8. The molecule has 0 bridgehead atoms. The van der Waals surface area contributed by atoms with Crippen molar-refractivity contribution in [2.75, 3.05) is 0 Å². The van der Waals surface area contributed by atoms with Gasteiger partial charge in [-0.1, -0.05) is 45.7 Å². The van der Waals surface area contributed by atoms with Crippen LogP contribution in [-0.2, 0) is 11.9 Å². The van der Waals surface area contributed by atoms with E-state index in [1.165, 1.54) is 10.7 Å². The van der Waals surface area contributed by atoms with Crippen molar-refractivity contribution in [2.24, 2.45) is 0 Å². The first-order chi connectivity index (χ1) is 12.0. The number of alkyl halides is 1. The second-order valence-corrected chi connectivity index (χ2v) is 6.67. The lowest BCUT2D eigenvalue weighted by atomic mass is 10.1. The number of nitrogens with zero attached hydrogens (tertiary/aromatic N) is 2. The zero-order valence-electron chi connectivity index (χ0n) is 13.5. The van der Waals surface area contributed by atoms with Crippen molar-refractivity contribution < 1.29 is 4.39 Å². The first kappa shape index (κ1) is 17.8. The summed E-state index contributed by atoms with van der Waals surface area (Å²) >= 11 is 9.55. The Hall–Kier alpha value is -1.98. The van der Waals surface area contributed by atoms with E-state index in [0.29, 0.717) is 27.2 Å². The highest BCUT2D eigenvalue weighted by molar-refractivity contribution is 9.08. The third-order valence-electron chi connectivity index (χ3n) is 3.92. The van der Waals surface area contributed by atoms with E-state index in [1.54, 1.807) is 31.2 Å². The fraction of sp³-hybridized carbons (Fsp3) is 0.158. The fourth-order valence-electron chi connectivity index (χ4n) is 2.53. The lowest BCUT2D eigenvalue weighted by molar-refractivity contribution is 0.618. The summed E-state index contributed by atoms with van der Waals surface area (Å²) in [5.41, 5.74) is 3.12. The van der Waals surface area contributed by atoms with Gasteiger partial charge < -0.3 is 0 Å². The molecule has 0 aliphatic heterocycles. The Morgan fingerprint density at radius 1 is 1.16 bits per heavy atom. The molecule has 3 rings (SSSR count). The predicted molar refractivity (Wildman–Crippen MR) is 102 cm³/mol. The highest BCUT2D eigenvalue weighted by Gasteiger charge is 2.12. The average Bonchev–Trinajstić information content (AvgIpc) is 2.61. The molecule has 0 spiro atoms. The molecule has 1 aromatic heterocycles. The minimum atomic E-state index is -0.270. The van der Waals surface area contributed by atoms with Crippen molar-refractivity contribution in [3.05, 3.63) is 86.4 Å². The number of aromatic nitrogens is 2. The Labute approximate surface area is 158 Å². The molecule has 0 radical (unpaired) electrons. The first-order valence-electron chi connectivity index (χ1n) is 7.66. The molecule has 0 amide bonds. The maximum Gasteiger partial charge on any atom is 0.271 e. The van der Waals surface area contributed by atoms with Crippen LogP contribution in [0.2, 0.25) is 5.02 Å². The van der Waals surface area contributed by atoms with Gasteiger partial charge in [0.05, 0.1) is 12.2 Å². The monoisotopic (exact) mass is 420 g/mol. The molecule has 1 heterocycles. The van der Waals surface area contributed by atoms with Crippen molar-refractivity contribution in [1.29, 1.82) is 0 Å². The molecule has 6 heteroatoms. The minimum Gasteiger partial charge on any atom is -0.267 e. The van der Waals surface area contributed by atoms with Gasteiger partial charge in [0, 0.05) is 21.5 Å². The molecular weight excluding hydrogens is 407 g/mol. The summed E-state index contributed by atoms with van der Waals surface area (Å²) in [6, 6.07) is 13.9. The normalized spacial score (nSPS) is 10.9. The molecule has 0 N–H and O–H groups in total. The van der Waals surface area contributed by atoms with Crippen LogP contribution in [0.4, 0.5) is 4.39 Å². The van der Waals surface area contributed by atoms with Crippen molar-refractivity contribution in [1.82, 2.24) is 9.78 Å². The second-order valence-electron chi connectivity index (χ2n) is 5.71. The maximum absolute atomic E-state index is 13.5. The quantitative estimate of drug-likeness (QED) is 0.558. The average molecular weight is 422 g/mol. The Balaban J connectivity index is 2.11. The number of hydrogen-bond acceptors (Lipinski definition) is 2. The number of halogens is 3. The number of hydrogen-bond donors (Lipinski definition) is 0. The molecule has 0 aliphatic carbocycles. The Morgan fingerprint density at radius 3 is 2.60 bits per heavy atom. The van der Waals surface area contributed by atoms with E-state index < -0.39 is 0 Å². The van der Waals surface area contributed by atoms with Gasteiger partial charge in [0.15, 0.2) is 0 Å². The lowest BCUT2D eigenvalue weighted by Crippen LogP contribution is -2.26. The highest BCUT2D eigenvalue weighted by Crippen LogP contribution is 2.21. The maximum atomic E-state index is 13.5. The zero-order chi connectivity index (χ0) is 18.0. The summed E-state index contributed by atoms with van der Waals surface area (Å²) in [6.07, 6.45) is 0. The van der Waals surface area contributed by atoms with E-state index >= 15 is 0 Å². The van der Waals surface area contributed by atoms with Crippen LogP contribution in [0.5, 0.6) is 0 Å². The third kappa shape index (κ3) is 3.83. The number of aryl methyl sites for hydroxylation is 1. The third-order valence-corrected chi connectivity index (χ3v) is 4.90. The second kappa shape index (κ2) is 7.50. The van der Waals surface area contributed by atoms with Gasteiger partial charge in [0.25, 0.3) is 5.56 Å². The van der Waals surface area contributed by atoms with E-state index in [9.17, 15) is 9.18 Å². The van der Waals surface area contributed by atoms with E-state index in [1.807, 2.05) is 18.2 Å². The molecule has 128 valence electrons. The standard InChI is InChI=1S/C19H15BrClFN2O/c1-12-8-13(6-7-17(12)22)18-9-15(10-20)19(25)24(23-18)11-14-4-2-3-5-16(14)21/h2-9H,10-11H2,1H3. The van der Waals surface area contributed by atoms with E-state index in [-0.39, 0.29) is 17.9 Å². The Morgan fingerprint density at radius 2 is 1.92 bits per heavy atom. The Bertz CT molecular complexity index is 987. The summed E-state index contributed by atoms with van der Waals surface area (Å²) in [6.45, 7) is 1.97. The molecule has 3 aromatic rings. The SMILES string of the molecule is Cc1cc(-c2cc(CBr)c(=O)n(Cc3ccccc3Cl)n2)ccc1F. The van der Waals surface area contributed by atoms with Gasteiger partial charge in [-0.3, -0.25) is 4.79 Å². The van der Waals surface area contributed by atoms with Crippen molar-refractivity contribution in [3.63, 3.8) is 0 Å². The minimum absolute atomic E-state index is 0.181. The largest absolute Gasteiger partial charge is 0.271 e. The van der Waals surface area contributed by atoms with E-state index in [0.717, 1.165) is 11.1 Å². The van der Waals surface area contributed by atoms with Crippen LogP contribution in [-0.4, -0.2) is 9.78 Å². The van der Waals surface area contributed by atoms with Crippen molar-refractivity contribution >= 4 is 27.5 Å². The van der Waals surface area contributed by atoms with E-state index in [2.05, 4.69) is 21.0 Å². The molecule has 0 atom stereocenters. The number of benzene rings is 2. The van der Waals surface area contributed by atoms with Gasteiger partial charge >= 0.3 is 0 Å². The van der Waals surface area contributed by atoms with Crippen LogP contribution in [0.1, 0.15) is 16.7 Å². The summed E-state index contributed by atoms with van der Waals surface area (Å²) in [4.78, 5) is 12.6. The summed E-state index contributed by atoms with van der Waals surface area (Å²) in [5.74, 6) is -0.270. The smallest absolute Gasteiger partial charge is 0.267 e. The van der Waals surface area contributed by atoms with Gasteiger partial charge in [0.1, 0.15) is 5.82 Å². The molecule has 3 nitrogen and oxygen atoms in total. The molecule has 0 fully saturated rings. The lowest BCUT2D eigenvalue weighted by Gasteiger charge is -2.11. The van der Waals surface area contributed by atoms with Crippen molar-refractivity contribution in [3.8, 4) is 11.3 Å². The van der Waals surface area contributed by atoms with Crippen LogP contribution in [0.3, 0.4) is 0 Å².